The number of methoxy groups -OCH3 is 1. The Morgan fingerprint density at radius 3 is 2.53 bits per heavy atom. The number of hydrogen-bond acceptors (Lipinski definition) is 5. The molecule has 2 aromatic heterocycles. The molecule has 0 spiro atoms. The molecular weight excluding hydrogens is 398 g/mol. The van der Waals surface area contributed by atoms with E-state index in [4.69, 9.17) is 9.47 Å². The molecule has 2 aromatic rings. The third kappa shape index (κ3) is 5.71. The van der Waals surface area contributed by atoms with Crippen molar-refractivity contribution < 1.29 is 9.47 Å². The number of nitrogens with zero attached hydrogens (tertiary/aromatic N) is 3. The first-order chi connectivity index (χ1) is 13.9. The number of rotatable bonds is 9. The molecule has 1 aliphatic rings. The predicted octanol–water partition coefficient (Wildman–Crippen LogP) is 4.81. The highest BCUT2D eigenvalue weighted by Crippen LogP contribution is 2.41. The van der Waals surface area contributed by atoms with Gasteiger partial charge in [0.15, 0.2) is 0 Å². The highest BCUT2D eigenvalue weighted by Gasteiger charge is 2.43. The topological polar surface area (TPSA) is 47.5 Å². The van der Waals surface area contributed by atoms with Crippen LogP contribution in [0.2, 0.25) is 0 Å². The number of pyridine rings is 2. The molecule has 0 saturated carbocycles. The Labute approximate surface area is 187 Å². The van der Waals surface area contributed by atoms with E-state index >= 15 is 0 Å². The van der Waals surface area contributed by atoms with Crippen LogP contribution in [0.5, 0.6) is 5.88 Å². The quantitative estimate of drug-likeness (QED) is 0.567. The van der Waals surface area contributed by atoms with Crippen molar-refractivity contribution in [3.8, 4) is 5.88 Å². The molecule has 0 bridgehead atoms. The van der Waals surface area contributed by atoms with Gasteiger partial charge in [-0.25, -0.2) is 4.98 Å². The molecule has 1 aliphatic heterocycles. The average molecular weight is 434 g/mol. The minimum atomic E-state index is -0.0453. The molecule has 1 atom stereocenters. The van der Waals surface area contributed by atoms with E-state index in [1.165, 1.54) is 11.1 Å². The summed E-state index contributed by atoms with van der Waals surface area (Å²) in [5.74, 6) is 0.665. The molecule has 3 rings (SSSR count). The molecule has 0 aromatic carbocycles. The lowest BCUT2D eigenvalue weighted by atomic mass is 9.82. The van der Waals surface area contributed by atoms with Gasteiger partial charge in [0.2, 0.25) is 5.88 Å². The van der Waals surface area contributed by atoms with Gasteiger partial charge in [-0.2, -0.15) is 0 Å². The SMILES string of the molecule is CCOC[C@@]1(CCc2ccc(OC)nc2)CCN(C(C)(C)c2ccc(C)nc2)C1.Cl. The van der Waals surface area contributed by atoms with Crippen LogP contribution in [-0.4, -0.2) is 48.3 Å². The largest absolute Gasteiger partial charge is 0.481 e. The van der Waals surface area contributed by atoms with Crippen LogP contribution in [-0.2, 0) is 16.7 Å². The maximum absolute atomic E-state index is 5.95. The van der Waals surface area contributed by atoms with Gasteiger partial charge in [0.1, 0.15) is 0 Å². The first-order valence-corrected chi connectivity index (χ1v) is 10.6. The number of halogens is 1. The third-order valence-corrected chi connectivity index (χ3v) is 6.41. The van der Waals surface area contributed by atoms with Crippen molar-refractivity contribution in [2.45, 2.75) is 52.5 Å². The summed E-state index contributed by atoms with van der Waals surface area (Å²) in [6.07, 6.45) is 7.21. The van der Waals surface area contributed by atoms with Crippen molar-refractivity contribution in [2.24, 2.45) is 5.41 Å². The summed E-state index contributed by atoms with van der Waals surface area (Å²) in [5.41, 5.74) is 3.71. The second-order valence-electron chi connectivity index (χ2n) is 8.76. The van der Waals surface area contributed by atoms with Crippen LogP contribution in [0.3, 0.4) is 0 Å². The van der Waals surface area contributed by atoms with E-state index in [9.17, 15) is 0 Å². The van der Waals surface area contributed by atoms with Crippen LogP contribution in [0.15, 0.2) is 36.7 Å². The number of likely N-dealkylation sites (tertiary alicyclic amines) is 1. The first kappa shape index (κ1) is 24.6. The molecule has 0 unspecified atom stereocenters. The van der Waals surface area contributed by atoms with E-state index in [0.29, 0.717) is 5.88 Å². The molecule has 166 valence electrons. The maximum Gasteiger partial charge on any atom is 0.212 e. The van der Waals surface area contributed by atoms with E-state index in [1.54, 1.807) is 7.11 Å². The average Bonchev–Trinajstić information content (AvgIpc) is 3.17. The highest BCUT2D eigenvalue weighted by molar-refractivity contribution is 5.85. The lowest BCUT2D eigenvalue weighted by molar-refractivity contribution is 0.0384. The molecule has 0 aliphatic carbocycles. The predicted molar refractivity (Wildman–Crippen MR) is 123 cm³/mol. The minimum absolute atomic E-state index is 0. The Morgan fingerprint density at radius 2 is 1.93 bits per heavy atom. The Morgan fingerprint density at radius 1 is 1.13 bits per heavy atom. The van der Waals surface area contributed by atoms with Gasteiger partial charge in [-0.1, -0.05) is 12.1 Å². The summed E-state index contributed by atoms with van der Waals surface area (Å²) >= 11 is 0. The summed E-state index contributed by atoms with van der Waals surface area (Å²) in [7, 11) is 1.65. The summed E-state index contributed by atoms with van der Waals surface area (Å²) in [6, 6.07) is 8.39. The fourth-order valence-electron chi connectivity index (χ4n) is 4.23. The zero-order valence-corrected chi connectivity index (χ0v) is 19.8. The van der Waals surface area contributed by atoms with Gasteiger partial charge in [-0.05, 0) is 70.7 Å². The first-order valence-electron chi connectivity index (χ1n) is 10.6. The van der Waals surface area contributed by atoms with Crippen molar-refractivity contribution in [3.05, 3.63) is 53.5 Å². The molecule has 30 heavy (non-hydrogen) atoms. The van der Waals surface area contributed by atoms with Crippen LogP contribution in [0, 0.1) is 12.3 Å². The second kappa shape index (κ2) is 10.6. The minimum Gasteiger partial charge on any atom is -0.481 e. The number of aromatic nitrogens is 2. The van der Waals surface area contributed by atoms with E-state index in [1.807, 2.05) is 25.4 Å². The summed E-state index contributed by atoms with van der Waals surface area (Å²) < 4.78 is 11.1. The number of aryl methyl sites for hydroxylation is 2. The third-order valence-electron chi connectivity index (χ3n) is 6.41. The normalized spacial score (nSPS) is 19.5. The fraction of sp³-hybridized carbons (Fsp3) is 0.583. The van der Waals surface area contributed by atoms with Crippen LogP contribution in [0.25, 0.3) is 0 Å². The Kier molecular flexibility index (Phi) is 8.65. The van der Waals surface area contributed by atoms with E-state index in [2.05, 4.69) is 53.8 Å². The molecule has 5 nitrogen and oxygen atoms in total. The summed E-state index contributed by atoms with van der Waals surface area (Å²) in [6.45, 7) is 12.4. The summed E-state index contributed by atoms with van der Waals surface area (Å²) in [4.78, 5) is 11.5. The second-order valence-corrected chi connectivity index (χ2v) is 8.76. The zero-order chi connectivity index (χ0) is 20.9. The monoisotopic (exact) mass is 433 g/mol. The van der Waals surface area contributed by atoms with Gasteiger partial charge in [0.05, 0.1) is 13.7 Å². The van der Waals surface area contributed by atoms with E-state index < -0.39 is 0 Å². The van der Waals surface area contributed by atoms with Crippen molar-refractivity contribution in [1.29, 1.82) is 0 Å². The van der Waals surface area contributed by atoms with Gasteiger partial charge < -0.3 is 9.47 Å². The lowest BCUT2D eigenvalue weighted by Crippen LogP contribution is -2.42. The van der Waals surface area contributed by atoms with Crippen molar-refractivity contribution in [1.82, 2.24) is 14.9 Å². The van der Waals surface area contributed by atoms with E-state index in [-0.39, 0.29) is 23.4 Å². The molecule has 0 amide bonds. The van der Waals surface area contributed by atoms with Gasteiger partial charge in [0.25, 0.3) is 0 Å². The molecule has 1 saturated heterocycles. The molecule has 6 heteroatoms. The van der Waals surface area contributed by atoms with Gasteiger partial charge in [-0.15, -0.1) is 12.4 Å². The molecular formula is C24H36ClN3O2. The Hall–Kier alpha value is -1.69. The zero-order valence-electron chi connectivity index (χ0n) is 19.0. The van der Waals surface area contributed by atoms with Crippen LogP contribution in [0.1, 0.15) is 50.4 Å². The van der Waals surface area contributed by atoms with Crippen LogP contribution >= 0.6 is 12.4 Å². The Balaban J connectivity index is 0.00000320. The number of ether oxygens (including phenoxy) is 2. The van der Waals surface area contributed by atoms with E-state index in [0.717, 1.165) is 51.3 Å². The molecule has 1 fully saturated rings. The van der Waals surface area contributed by atoms with Crippen LogP contribution < -0.4 is 4.74 Å². The lowest BCUT2D eigenvalue weighted by Gasteiger charge is -2.38. The highest BCUT2D eigenvalue weighted by atomic mass is 35.5. The molecule has 0 N–H and O–H groups in total. The molecule has 0 radical (unpaired) electrons. The standard InChI is InChI=1S/C24H35N3O2.ClH/c1-6-29-18-24(12-11-20-8-10-22(28-5)26-15-20)13-14-27(17-24)23(3,4)21-9-7-19(2)25-16-21;/h7-10,15-16H,6,11-14,17-18H2,1-5H3;1H/t24-;/m0./s1. The van der Waals surface area contributed by atoms with Crippen molar-refractivity contribution >= 4 is 12.4 Å². The molecule has 3 heterocycles. The maximum atomic E-state index is 5.95. The van der Waals surface area contributed by atoms with Crippen molar-refractivity contribution in [3.63, 3.8) is 0 Å². The van der Waals surface area contributed by atoms with Gasteiger partial charge >= 0.3 is 0 Å². The van der Waals surface area contributed by atoms with Crippen molar-refractivity contribution in [2.75, 3.05) is 33.4 Å². The van der Waals surface area contributed by atoms with Crippen LogP contribution in [0.4, 0.5) is 0 Å². The fourth-order valence-corrected chi connectivity index (χ4v) is 4.23. The smallest absolute Gasteiger partial charge is 0.212 e. The summed E-state index contributed by atoms with van der Waals surface area (Å²) in [5, 5.41) is 0. The van der Waals surface area contributed by atoms with Gasteiger partial charge in [0, 0.05) is 48.3 Å². The Bertz CT molecular complexity index is 780. The number of hydrogen-bond donors (Lipinski definition) is 0. The van der Waals surface area contributed by atoms with Gasteiger partial charge in [-0.3, -0.25) is 9.88 Å².